The second-order valence-corrected chi connectivity index (χ2v) is 4.74. The molecule has 0 N–H and O–H groups in total. The number of benzene rings is 2. The molecule has 86 valence electrons. The molecule has 0 aliphatic carbocycles. The predicted octanol–water partition coefficient (Wildman–Crippen LogP) is 4.70. The number of rotatable bonds is 0. The van der Waals surface area contributed by atoms with Gasteiger partial charge in [0.05, 0.1) is 0 Å². The van der Waals surface area contributed by atoms with Gasteiger partial charge in [0, 0.05) is 0 Å². The van der Waals surface area contributed by atoms with Gasteiger partial charge in [-0.25, -0.2) is 0 Å². The number of thiol groups is 1. The zero-order valence-electron chi connectivity index (χ0n) is 10.5. The van der Waals surface area contributed by atoms with Crippen LogP contribution in [0.2, 0.25) is 0 Å². The van der Waals surface area contributed by atoms with Crippen LogP contribution in [0, 0.1) is 20.8 Å². The van der Waals surface area contributed by atoms with Crippen LogP contribution in [0.4, 0.5) is 0 Å². The molecule has 0 bridgehead atoms. The first kappa shape index (κ1) is 13.1. The van der Waals surface area contributed by atoms with Crippen molar-refractivity contribution in [1.82, 2.24) is 0 Å². The maximum atomic E-state index is 3.79. The van der Waals surface area contributed by atoms with Crippen LogP contribution in [-0.4, -0.2) is 5.75 Å². The lowest BCUT2D eigenvalue weighted by molar-refractivity contribution is 1.36. The summed E-state index contributed by atoms with van der Waals surface area (Å²) >= 11 is 3.79. The van der Waals surface area contributed by atoms with Gasteiger partial charge in [-0.05, 0) is 48.4 Å². The lowest BCUT2D eigenvalue weighted by Crippen LogP contribution is -1.82. The fourth-order valence-corrected chi connectivity index (χ4v) is 1.64. The van der Waals surface area contributed by atoms with Gasteiger partial charge in [-0.2, -0.15) is 12.6 Å². The Hall–Kier alpha value is -0.950. The van der Waals surface area contributed by atoms with E-state index in [1.54, 1.807) is 0 Å². The van der Waals surface area contributed by atoms with Gasteiger partial charge in [-0.15, -0.1) is 0 Å². The first-order chi connectivity index (χ1) is 7.58. The highest BCUT2D eigenvalue weighted by molar-refractivity contribution is 7.80. The van der Waals surface area contributed by atoms with E-state index in [4.69, 9.17) is 0 Å². The highest BCUT2D eigenvalue weighted by Gasteiger charge is 1.97. The van der Waals surface area contributed by atoms with Gasteiger partial charge in [0.2, 0.25) is 0 Å². The SMILES string of the molecule is CCS.Cc1ccc2cc(C)c(C)cc2c1. The number of fused-ring (bicyclic) bond motifs is 1. The molecule has 0 aliphatic rings. The van der Waals surface area contributed by atoms with Crippen molar-refractivity contribution in [2.45, 2.75) is 27.7 Å². The summed E-state index contributed by atoms with van der Waals surface area (Å²) in [5.74, 6) is 0.944. The minimum Gasteiger partial charge on any atom is -0.180 e. The summed E-state index contributed by atoms with van der Waals surface area (Å²) in [6.07, 6.45) is 0. The molecule has 0 spiro atoms. The van der Waals surface area contributed by atoms with E-state index in [-0.39, 0.29) is 0 Å². The zero-order chi connectivity index (χ0) is 12.1. The van der Waals surface area contributed by atoms with Crippen LogP contribution in [0.15, 0.2) is 30.3 Å². The van der Waals surface area contributed by atoms with E-state index in [1.807, 2.05) is 6.92 Å². The molecule has 0 saturated heterocycles. The predicted molar refractivity (Wildman–Crippen MR) is 77.7 cm³/mol. The standard InChI is InChI=1S/C13H14.C2H6S/c1-9-4-5-12-7-10(2)11(3)8-13(12)6-9;1-2-3/h4-8H,1-3H3;3H,2H2,1H3. The molecule has 0 atom stereocenters. The van der Waals surface area contributed by atoms with Crippen LogP contribution in [0.3, 0.4) is 0 Å². The largest absolute Gasteiger partial charge is 0.180 e. The first-order valence-corrected chi connectivity index (χ1v) is 6.30. The Morgan fingerprint density at radius 1 is 0.875 bits per heavy atom. The van der Waals surface area contributed by atoms with Gasteiger partial charge in [0.1, 0.15) is 0 Å². The van der Waals surface area contributed by atoms with E-state index in [2.05, 4.69) is 63.7 Å². The molecule has 0 radical (unpaired) electrons. The Labute approximate surface area is 104 Å². The van der Waals surface area contributed by atoms with Gasteiger partial charge < -0.3 is 0 Å². The molecule has 0 amide bonds. The molecule has 0 nitrogen and oxygen atoms in total. The van der Waals surface area contributed by atoms with Gasteiger partial charge >= 0.3 is 0 Å². The Morgan fingerprint density at radius 3 is 1.94 bits per heavy atom. The van der Waals surface area contributed by atoms with Crippen molar-refractivity contribution in [2.24, 2.45) is 0 Å². The van der Waals surface area contributed by atoms with Gasteiger partial charge in [0.15, 0.2) is 0 Å². The van der Waals surface area contributed by atoms with E-state index in [0.717, 1.165) is 5.75 Å². The maximum absolute atomic E-state index is 3.79. The number of aryl methyl sites for hydroxylation is 3. The summed E-state index contributed by atoms with van der Waals surface area (Å²) in [5, 5.41) is 2.69. The lowest BCUT2D eigenvalue weighted by Gasteiger charge is -2.04. The van der Waals surface area contributed by atoms with E-state index < -0.39 is 0 Å². The highest BCUT2D eigenvalue weighted by Crippen LogP contribution is 2.20. The molecule has 0 heterocycles. The smallest absolute Gasteiger partial charge is 0.0126 e. The van der Waals surface area contributed by atoms with Crippen LogP contribution in [0.5, 0.6) is 0 Å². The topological polar surface area (TPSA) is 0 Å². The Bertz CT molecular complexity index is 472. The normalized spacial score (nSPS) is 9.81. The van der Waals surface area contributed by atoms with E-state index >= 15 is 0 Å². The molecular formula is C15H20S. The van der Waals surface area contributed by atoms with Crippen molar-refractivity contribution in [3.63, 3.8) is 0 Å². The zero-order valence-corrected chi connectivity index (χ0v) is 11.4. The quantitative estimate of drug-likeness (QED) is 0.625. The number of hydrogen-bond acceptors (Lipinski definition) is 1. The van der Waals surface area contributed by atoms with E-state index in [9.17, 15) is 0 Å². The minimum atomic E-state index is 0.944. The van der Waals surface area contributed by atoms with Gasteiger partial charge in [-0.3, -0.25) is 0 Å². The molecule has 0 saturated carbocycles. The van der Waals surface area contributed by atoms with E-state index in [1.165, 1.54) is 27.5 Å². The molecule has 0 fully saturated rings. The lowest BCUT2D eigenvalue weighted by atomic mass is 10.0. The molecular weight excluding hydrogens is 212 g/mol. The molecule has 2 aromatic carbocycles. The molecule has 0 aliphatic heterocycles. The summed E-state index contributed by atoms with van der Waals surface area (Å²) < 4.78 is 0. The minimum absolute atomic E-state index is 0.944. The summed E-state index contributed by atoms with van der Waals surface area (Å²) in [6, 6.07) is 11.1. The summed E-state index contributed by atoms with van der Waals surface area (Å²) in [5.41, 5.74) is 4.07. The third-order valence-electron chi connectivity index (χ3n) is 2.61. The van der Waals surface area contributed by atoms with Crippen molar-refractivity contribution >= 4 is 23.4 Å². The second kappa shape index (κ2) is 5.95. The van der Waals surface area contributed by atoms with Crippen LogP contribution in [-0.2, 0) is 0 Å². The second-order valence-electron chi connectivity index (χ2n) is 4.10. The third kappa shape index (κ3) is 3.28. The molecule has 2 rings (SSSR count). The monoisotopic (exact) mass is 232 g/mol. The fraction of sp³-hybridized carbons (Fsp3) is 0.333. The molecule has 1 heteroatoms. The molecule has 2 aromatic rings. The first-order valence-electron chi connectivity index (χ1n) is 5.67. The number of hydrogen-bond donors (Lipinski definition) is 1. The van der Waals surface area contributed by atoms with E-state index in [0.29, 0.717) is 0 Å². The Kier molecular flexibility index (Phi) is 4.88. The summed E-state index contributed by atoms with van der Waals surface area (Å²) in [4.78, 5) is 0. The van der Waals surface area contributed by atoms with Crippen LogP contribution in [0.25, 0.3) is 10.8 Å². The van der Waals surface area contributed by atoms with Crippen molar-refractivity contribution in [1.29, 1.82) is 0 Å². The maximum Gasteiger partial charge on any atom is -0.0126 e. The molecule has 0 aromatic heterocycles. The summed E-state index contributed by atoms with van der Waals surface area (Å²) in [7, 11) is 0. The van der Waals surface area contributed by atoms with Crippen LogP contribution >= 0.6 is 12.6 Å². The highest BCUT2D eigenvalue weighted by atomic mass is 32.1. The summed E-state index contributed by atoms with van der Waals surface area (Å²) in [6.45, 7) is 8.45. The average molecular weight is 232 g/mol. The van der Waals surface area contributed by atoms with Crippen LogP contribution < -0.4 is 0 Å². The van der Waals surface area contributed by atoms with Gasteiger partial charge in [-0.1, -0.05) is 42.8 Å². The Morgan fingerprint density at radius 2 is 1.38 bits per heavy atom. The van der Waals surface area contributed by atoms with Crippen molar-refractivity contribution in [3.05, 3.63) is 47.0 Å². The molecule has 16 heavy (non-hydrogen) atoms. The Balaban J connectivity index is 0.000000386. The third-order valence-corrected chi connectivity index (χ3v) is 2.61. The fourth-order valence-electron chi connectivity index (χ4n) is 1.64. The van der Waals surface area contributed by atoms with Crippen molar-refractivity contribution in [2.75, 3.05) is 5.75 Å². The van der Waals surface area contributed by atoms with Gasteiger partial charge in [0.25, 0.3) is 0 Å². The van der Waals surface area contributed by atoms with Crippen molar-refractivity contribution in [3.8, 4) is 0 Å². The molecule has 0 unspecified atom stereocenters. The van der Waals surface area contributed by atoms with Crippen LogP contribution in [0.1, 0.15) is 23.6 Å². The van der Waals surface area contributed by atoms with Crippen molar-refractivity contribution < 1.29 is 0 Å². The average Bonchev–Trinajstić information content (AvgIpc) is 2.21.